The van der Waals surface area contributed by atoms with Crippen molar-refractivity contribution < 1.29 is 0 Å². The number of halogens is 1. The minimum absolute atomic E-state index is 0.901. The number of nitrogens with zero attached hydrogens (tertiary/aromatic N) is 1. The molecule has 0 amide bonds. The minimum Gasteiger partial charge on any atom is -0.301 e. The summed E-state index contributed by atoms with van der Waals surface area (Å²) >= 11 is 3.50. The van der Waals surface area contributed by atoms with Crippen LogP contribution in [-0.4, -0.2) is 29.4 Å². The first-order valence-corrected chi connectivity index (χ1v) is 6.80. The highest BCUT2D eigenvalue weighted by Gasteiger charge is 2.18. The number of alkyl halides is 1. The highest BCUT2D eigenvalue weighted by Crippen LogP contribution is 2.22. The zero-order valence-electron chi connectivity index (χ0n) is 8.77. The van der Waals surface area contributed by atoms with Gasteiger partial charge in [0.05, 0.1) is 0 Å². The van der Waals surface area contributed by atoms with Gasteiger partial charge in [-0.3, -0.25) is 0 Å². The van der Waals surface area contributed by atoms with Gasteiger partial charge in [-0.05, 0) is 32.4 Å². The van der Waals surface area contributed by atoms with E-state index in [4.69, 9.17) is 0 Å². The van der Waals surface area contributed by atoms with E-state index in [1.807, 2.05) is 0 Å². The maximum atomic E-state index is 3.50. The Morgan fingerprint density at radius 1 is 1.23 bits per heavy atom. The number of hydrogen-bond donors (Lipinski definition) is 0. The van der Waals surface area contributed by atoms with Crippen LogP contribution in [0.4, 0.5) is 0 Å². The maximum absolute atomic E-state index is 3.50. The van der Waals surface area contributed by atoms with Crippen LogP contribution < -0.4 is 0 Å². The molecule has 13 heavy (non-hydrogen) atoms. The summed E-state index contributed by atoms with van der Waals surface area (Å²) in [6.07, 6.45) is 8.55. The molecule has 0 bridgehead atoms. The average Bonchev–Trinajstić information content (AvgIpc) is 2.21. The SMILES string of the molecule is CCN(CCCBr)C1CCCCC1. The van der Waals surface area contributed by atoms with E-state index in [9.17, 15) is 0 Å². The molecule has 0 spiro atoms. The van der Waals surface area contributed by atoms with Crippen molar-refractivity contribution in [3.05, 3.63) is 0 Å². The summed E-state index contributed by atoms with van der Waals surface area (Å²) in [4.78, 5) is 2.67. The highest BCUT2D eigenvalue weighted by atomic mass is 79.9. The summed E-state index contributed by atoms with van der Waals surface area (Å²) in [6, 6.07) is 0.901. The Kier molecular flexibility index (Phi) is 6.05. The molecule has 1 fully saturated rings. The lowest BCUT2D eigenvalue weighted by atomic mass is 9.94. The van der Waals surface area contributed by atoms with E-state index in [0.717, 1.165) is 11.4 Å². The second-order valence-corrected chi connectivity index (χ2v) is 4.76. The fourth-order valence-corrected chi connectivity index (χ4v) is 2.56. The molecule has 0 aromatic carbocycles. The molecule has 0 saturated heterocycles. The zero-order chi connectivity index (χ0) is 9.52. The van der Waals surface area contributed by atoms with Crippen LogP contribution in [0.15, 0.2) is 0 Å². The van der Waals surface area contributed by atoms with Gasteiger partial charge in [0, 0.05) is 11.4 Å². The second-order valence-electron chi connectivity index (χ2n) is 3.96. The predicted octanol–water partition coefficient (Wildman–Crippen LogP) is 3.43. The Bertz CT molecular complexity index is 121. The van der Waals surface area contributed by atoms with Crippen LogP contribution >= 0.6 is 15.9 Å². The molecule has 1 rings (SSSR count). The van der Waals surface area contributed by atoms with E-state index in [1.54, 1.807) is 0 Å². The summed E-state index contributed by atoms with van der Waals surface area (Å²) in [5.41, 5.74) is 0. The molecule has 0 atom stereocenters. The first-order chi connectivity index (χ1) is 6.38. The molecule has 0 N–H and O–H groups in total. The first kappa shape index (κ1) is 11.5. The second kappa shape index (κ2) is 6.83. The third-order valence-corrected chi connectivity index (χ3v) is 3.64. The molecular weight excluding hydrogens is 226 g/mol. The quantitative estimate of drug-likeness (QED) is 0.674. The van der Waals surface area contributed by atoms with Crippen molar-refractivity contribution in [3.8, 4) is 0 Å². The molecule has 0 unspecified atom stereocenters. The van der Waals surface area contributed by atoms with Gasteiger partial charge in [-0.2, -0.15) is 0 Å². The standard InChI is InChI=1S/C11H22BrN/c1-2-13(10-6-9-12)11-7-4-3-5-8-11/h11H,2-10H2,1H3. The molecule has 1 saturated carbocycles. The van der Waals surface area contributed by atoms with E-state index < -0.39 is 0 Å². The third-order valence-electron chi connectivity index (χ3n) is 3.08. The summed E-state index contributed by atoms with van der Waals surface area (Å²) in [5.74, 6) is 0. The van der Waals surface area contributed by atoms with Gasteiger partial charge in [-0.25, -0.2) is 0 Å². The first-order valence-electron chi connectivity index (χ1n) is 5.68. The van der Waals surface area contributed by atoms with Crippen LogP contribution in [0.3, 0.4) is 0 Å². The van der Waals surface area contributed by atoms with Gasteiger partial charge in [0.1, 0.15) is 0 Å². The van der Waals surface area contributed by atoms with E-state index in [0.29, 0.717) is 0 Å². The molecule has 0 aromatic heterocycles. The van der Waals surface area contributed by atoms with Gasteiger partial charge in [-0.1, -0.05) is 42.1 Å². The summed E-state index contributed by atoms with van der Waals surface area (Å²) < 4.78 is 0. The Balaban J connectivity index is 2.26. The van der Waals surface area contributed by atoms with E-state index in [2.05, 4.69) is 27.8 Å². The third kappa shape index (κ3) is 3.99. The molecule has 0 aliphatic heterocycles. The average molecular weight is 248 g/mol. The van der Waals surface area contributed by atoms with Crippen molar-refractivity contribution in [1.82, 2.24) is 4.90 Å². The van der Waals surface area contributed by atoms with Gasteiger partial charge < -0.3 is 4.90 Å². The van der Waals surface area contributed by atoms with Gasteiger partial charge >= 0.3 is 0 Å². The van der Waals surface area contributed by atoms with Crippen molar-refractivity contribution in [2.24, 2.45) is 0 Å². The molecule has 0 heterocycles. The summed E-state index contributed by atoms with van der Waals surface area (Å²) in [7, 11) is 0. The van der Waals surface area contributed by atoms with Gasteiger partial charge in [0.2, 0.25) is 0 Å². The number of rotatable bonds is 5. The van der Waals surface area contributed by atoms with Crippen LogP contribution in [-0.2, 0) is 0 Å². The molecule has 0 radical (unpaired) electrons. The smallest absolute Gasteiger partial charge is 0.00951 e. The van der Waals surface area contributed by atoms with Crippen molar-refractivity contribution in [2.75, 3.05) is 18.4 Å². The van der Waals surface area contributed by atoms with Crippen molar-refractivity contribution in [3.63, 3.8) is 0 Å². The normalized spacial score (nSPS) is 19.6. The van der Waals surface area contributed by atoms with Crippen molar-refractivity contribution in [1.29, 1.82) is 0 Å². The Morgan fingerprint density at radius 2 is 1.92 bits per heavy atom. The maximum Gasteiger partial charge on any atom is 0.00951 e. The molecule has 78 valence electrons. The molecule has 1 aliphatic rings. The van der Waals surface area contributed by atoms with Crippen LogP contribution in [0.5, 0.6) is 0 Å². The van der Waals surface area contributed by atoms with E-state index in [1.165, 1.54) is 51.6 Å². The molecular formula is C11H22BrN. The monoisotopic (exact) mass is 247 g/mol. The van der Waals surface area contributed by atoms with Gasteiger partial charge in [-0.15, -0.1) is 0 Å². The highest BCUT2D eigenvalue weighted by molar-refractivity contribution is 9.09. The lowest BCUT2D eigenvalue weighted by Gasteiger charge is -2.33. The van der Waals surface area contributed by atoms with Crippen molar-refractivity contribution >= 4 is 15.9 Å². The Labute approximate surface area is 91.0 Å². The largest absolute Gasteiger partial charge is 0.301 e. The molecule has 1 nitrogen and oxygen atoms in total. The Morgan fingerprint density at radius 3 is 2.46 bits per heavy atom. The fraction of sp³-hybridized carbons (Fsp3) is 1.00. The lowest BCUT2D eigenvalue weighted by Crippen LogP contribution is -2.37. The molecule has 2 heteroatoms. The van der Waals surface area contributed by atoms with Crippen LogP contribution in [0, 0.1) is 0 Å². The molecule has 0 aromatic rings. The topological polar surface area (TPSA) is 3.24 Å². The van der Waals surface area contributed by atoms with E-state index in [-0.39, 0.29) is 0 Å². The Hall–Kier alpha value is 0.440. The number of hydrogen-bond acceptors (Lipinski definition) is 1. The van der Waals surface area contributed by atoms with Gasteiger partial charge in [0.25, 0.3) is 0 Å². The van der Waals surface area contributed by atoms with E-state index >= 15 is 0 Å². The van der Waals surface area contributed by atoms with Crippen LogP contribution in [0.25, 0.3) is 0 Å². The minimum atomic E-state index is 0.901. The fourth-order valence-electron chi connectivity index (χ4n) is 2.31. The summed E-state index contributed by atoms with van der Waals surface area (Å²) in [5, 5.41) is 1.15. The zero-order valence-corrected chi connectivity index (χ0v) is 10.4. The van der Waals surface area contributed by atoms with Gasteiger partial charge in [0.15, 0.2) is 0 Å². The molecule has 1 aliphatic carbocycles. The van der Waals surface area contributed by atoms with Crippen LogP contribution in [0.2, 0.25) is 0 Å². The van der Waals surface area contributed by atoms with Crippen molar-refractivity contribution in [2.45, 2.75) is 51.5 Å². The summed E-state index contributed by atoms with van der Waals surface area (Å²) in [6.45, 7) is 4.81. The predicted molar refractivity (Wildman–Crippen MR) is 62.5 cm³/mol. The van der Waals surface area contributed by atoms with Crippen LogP contribution in [0.1, 0.15) is 45.4 Å². The lowest BCUT2D eigenvalue weighted by molar-refractivity contribution is 0.164.